The normalized spacial score (nSPS) is 9.30. The Morgan fingerprint density at radius 2 is 1.80 bits per heavy atom. The van der Waals surface area contributed by atoms with Crippen LogP contribution in [0.25, 0.3) is 0 Å². The summed E-state index contributed by atoms with van der Waals surface area (Å²) < 4.78 is 0. The Labute approximate surface area is 117 Å². The number of carbonyl (C=O) groups is 1. The molecule has 0 aliphatic heterocycles. The summed E-state index contributed by atoms with van der Waals surface area (Å²) in [6.45, 7) is 0. The molecule has 2 N–H and O–H groups in total. The van der Waals surface area contributed by atoms with Crippen molar-refractivity contribution in [2.75, 3.05) is 5.32 Å². The Kier molecular flexibility index (Phi) is 3.75. The maximum atomic E-state index is 12.2. The van der Waals surface area contributed by atoms with Gasteiger partial charge in [-0.3, -0.25) is 4.79 Å². The summed E-state index contributed by atoms with van der Waals surface area (Å²) in [6.07, 6.45) is 10.8. The maximum absolute atomic E-state index is 12.2. The highest BCUT2D eigenvalue weighted by molar-refractivity contribution is 6.07. The Morgan fingerprint density at radius 1 is 1.05 bits per heavy atom. The summed E-state index contributed by atoms with van der Waals surface area (Å²) in [4.78, 5) is 12.2. The van der Waals surface area contributed by atoms with E-state index in [1.54, 1.807) is 36.4 Å². The standard InChI is InChI=1S/C17H11NO2/c1-3-12-8-7-9-14(13(12)4-2)17(20)18-15-10-5-6-11-16(15)19/h1-2,5-11,19H,(H,18,20). The lowest BCUT2D eigenvalue weighted by atomic mass is 10.0. The van der Waals surface area contributed by atoms with Crippen molar-refractivity contribution in [3.63, 3.8) is 0 Å². The van der Waals surface area contributed by atoms with Crippen LogP contribution in [0.15, 0.2) is 42.5 Å². The van der Waals surface area contributed by atoms with E-state index in [1.165, 1.54) is 6.07 Å². The summed E-state index contributed by atoms with van der Waals surface area (Å²) in [5, 5.41) is 12.2. The Morgan fingerprint density at radius 3 is 2.45 bits per heavy atom. The van der Waals surface area contributed by atoms with E-state index in [1.807, 2.05) is 0 Å². The second-order valence-corrected chi connectivity index (χ2v) is 3.99. The highest BCUT2D eigenvalue weighted by Crippen LogP contribution is 2.23. The third-order valence-corrected chi connectivity index (χ3v) is 2.76. The first-order valence-corrected chi connectivity index (χ1v) is 5.83. The molecule has 0 heterocycles. The number of aromatic hydroxyl groups is 1. The molecule has 0 aromatic heterocycles. The van der Waals surface area contributed by atoms with Crippen LogP contribution in [0.3, 0.4) is 0 Å². The van der Waals surface area contributed by atoms with Gasteiger partial charge in [0.25, 0.3) is 5.91 Å². The molecule has 0 bridgehead atoms. The van der Waals surface area contributed by atoms with E-state index in [0.29, 0.717) is 22.4 Å². The van der Waals surface area contributed by atoms with Crippen LogP contribution in [0.1, 0.15) is 21.5 Å². The molecule has 0 radical (unpaired) electrons. The van der Waals surface area contributed by atoms with Gasteiger partial charge in [0.2, 0.25) is 0 Å². The summed E-state index contributed by atoms with van der Waals surface area (Å²) in [5.41, 5.74) is 1.46. The zero-order chi connectivity index (χ0) is 14.5. The smallest absolute Gasteiger partial charge is 0.257 e. The molecule has 0 saturated carbocycles. The van der Waals surface area contributed by atoms with Crippen LogP contribution < -0.4 is 5.32 Å². The first kappa shape index (κ1) is 13.3. The van der Waals surface area contributed by atoms with Crippen molar-refractivity contribution in [3.05, 3.63) is 59.2 Å². The SMILES string of the molecule is C#Cc1cccc(C(=O)Nc2ccccc2O)c1C#C. The van der Waals surface area contributed by atoms with Crippen molar-refractivity contribution in [1.82, 2.24) is 0 Å². The Bertz CT molecular complexity index is 748. The van der Waals surface area contributed by atoms with E-state index < -0.39 is 5.91 Å². The van der Waals surface area contributed by atoms with Gasteiger partial charge < -0.3 is 10.4 Å². The molecule has 0 spiro atoms. The number of carbonyl (C=O) groups excluding carboxylic acids is 1. The van der Waals surface area contributed by atoms with Gasteiger partial charge in [0.1, 0.15) is 5.75 Å². The van der Waals surface area contributed by atoms with Crippen molar-refractivity contribution < 1.29 is 9.90 Å². The van der Waals surface area contributed by atoms with Crippen molar-refractivity contribution in [2.24, 2.45) is 0 Å². The van der Waals surface area contributed by atoms with Crippen LogP contribution >= 0.6 is 0 Å². The molecule has 2 aromatic carbocycles. The average molecular weight is 261 g/mol. The zero-order valence-electron chi connectivity index (χ0n) is 10.6. The lowest BCUT2D eigenvalue weighted by Crippen LogP contribution is -2.14. The molecule has 0 aliphatic rings. The van der Waals surface area contributed by atoms with Crippen LogP contribution in [0.4, 0.5) is 5.69 Å². The van der Waals surface area contributed by atoms with Crippen LogP contribution in [0.2, 0.25) is 0 Å². The largest absolute Gasteiger partial charge is 0.506 e. The fourth-order valence-corrected chi connectivity index (χ4v) is 1.79. The highest BCUT2D eigenvalue weighted by atomic mass is 16.3. The number of amides is 1. The fourth-order valence-electron chi connectivity index (χ4n) is 1.79. The molecule has 3 heteroatoms. The van der Waals surface area contributed by atoms with Crippen LogP contribution in [-0.2, 0) is 0 Å². The first-order valence-electron chi connectivity index (χ1n) is 5.83. The number of rotatable bonds is 2. The molecule has 0 unspecified atom stereocenters. The minimum atomic E-state index is -0.420. The second kappa shape index (κ2) is 5.65. The molecule has 0 fully saturated rings. The number of hydrogen-bond acceptors (Lipinski definition) is 2. The molecule has 0 atom stereocenters. The predicted molar refractivity (Wildman–Crippen MR) is 78.4 cm³/mol. The van der Waals surface area contributed by atoms with Gasteiger partial charge in [0.05, 0.1) is 16.8 Å². The Hall–Kier alpha value is -3.17. The van der Waals surface area contributed by atoms with Crippen molar-refractivity contribution in [1.29, 1.82) is 0 Å². The highest BCUT2D eigenvalue weighted by Gasteiger charge is 2.14. The van der Waals surface area contributed by atoms with E-state index in [2.05, 4.69) is 17.2 Å². The number of anilines is 1. The van der Waals surface area contributed by atoms with Gasteiger partial charge in [-0.05, 0) is 24.3 Å². The number of phenolic OH excluding ortho intramolecular Hbond substituents is 1. The molecule has 3 nitrogen and oxygen atoms in total. The van der Waals surface area contributed by atoms with Crippen molar-refractivity contribution in [2.45, 2.75) is 0 Å². The Balaban J connectivity index is 2.39. The van der Waals surface area contributed by atoms with Crippen LogP contribution in [0.5, 0.6) is 5.75 Å². The molecule has 2 aromatic rings. The van der Waals surface area contributed by atoms with E-state index in [4.69, 9.17) is 12.8 Å². The monoisotopic (exact) mass is 261 g/mol. The first-order chi connectivity index (χ1) is 9.67. The second-order valence-electron chi connectivity index (χ2n) is 3.99. The number of hydrogen-bond donors (Lipinski definition) is 2. The lowest BCUT2D eigenvalue weighted by Gasteiger charge is -2.09. The molecule has 0 saturated heterocycles. The quantitative estimate of drug-likeness (QED) is 0.645. The van der Waals surface area contributed by atoms with Gasteiger partial charge in [0, 0.05) is 5.56 Å². The average Bonchev–Trinajstić information content (AvgIpc) is 2.48. The third kappa shape index (κ3) is 2.48. The summed E-state index contributed by atoms with van der Waals surface area (Å²) in [7, 11) is 0. The summed E-state index contributed by atoms with van der Waals surface area (Å²) in [5.74, 6) is 4.44. The van der Waals surface area contributed by atoms with Crippen molar-refractivity contribution in [3.8, 4) is 30.4 Å². The van der Waals surface area contributed by atoms with E-state index in [-0.39, 0.29) is 5.75 Å². The van der Waals surface area contributed by atoms with Gasteiger partial charge in [-0.25, -0.2) is 0 Å². The van der Waals surface area contributed by atoms with Crippen molar-refractivity contribution >= 4 is 11.6 Å². The molecular weight excluding hydrogens is 250 g/mol. The number of phenols is 1. The third-order valence-electron chi connectivity index (χ3n) is 2.76. The molecule has 20 heavy (non-hydrogen) atoms. The van der Waals surface area contributed by atoms with Gasteiger partial charge >= 0.3 is 0 Å². The van der Waals surface area contributed by atoms with E-state index in [0.717, 1.165) is 0 Å². The molecular formula is C17H11NO2. The van der Waals surface area contributed by atoms with Gasteiger partial charge in [0.15, 0.2) is 0 Å². The summed E-state index contributed by atoms with van der Waals surface area (Å²) in [6, 6.07) is 11.4. The van der Waals surface area contributed by atoms with Crippen LogP contribution in [-0.4, -0.2) is 11.0 Å². The van der Waals surface area contributed by atoms with E-state index >= 15 is 0 Å². The topological polar surface area (TPSA) is 49.3 Å². The maximum Gasteiger partial charge on any atom is 0.257 e. The van der Waals surface area contributed by atoms with Gasteiger partial charge in [-0.15, -0.1) is 12.8 Å². The predicted octanol–water partition coefficient (Wildman–Crippen LogP) is 2.61. The molecule has 96 valence electrons. The molecule has 2 rings (SSSR count). The zero-order valence-corrected chi connectivity index (χ0v) is 10.6. The molecule has 0 aliphatic carbocycles. The van der Waals surface area contributed by atoms with E-state index in [9.17, 15) is 9.90 Å². The number of terminal acetylenes is 2. The molecule has 1 amide bonds. The lowest BCUT2D eigenvalue weighted by molar-refractivity contribution is 0.102. The minimum absolute atomic E-state index is 0.0174. The minimum Gasteiger partial charge on any atom is -0.506 e. The number of para-hydroxylation sites is 2. The number of nitrogens with one attached hydrogen (secondary N) is 1. The number of benzene rings is 2. The fraction of sp³-hybridized carbons (Fsp3) is 0. The summed E-state index contributed by atoms with van der Waals surface area (Å²) >= 11 is 0. The van der Waals surface area contributed by atoms with Gasteiger partial charge in [-0.2, -0.15) is 0 Å². The van der Waals surface area contributed by atoms with Crippen LogP contribution in [0, 0.1) is 24.7 Å². The van der Waals surface area contributed by atoms with Gasteiger partial charge in [-0.1, -0.05) is 30.0 Å².